The summed E-state index contributed by atoms with van der Waals surface area (Å²) in [5, 5.41) is 8.73. The van der Waals surface area contributed by atoms with Crippen LogP contribution in [0.1, 0.15) is 56.1 Å². The Morgan fingerprint density at radius 3 is 2.83 bits per heavy atom. The molecule has 0 radical (unpaired) electrons. The summed E-state index contributed by atoms with van der Waals surface area (Å²) >= 11 is 0. The molecule has 1 aliphatic carbocycles. The first-order chi connectivity index (χ1) is 8.76. The highest BCUT2D eigenvalue weighted by molar-refractivity contribution is 5.30. The van der Waals surface area contributed by atoms with Crippen molar-refractivity contribution in [1.29, 1.82) is 5.26 Å². The van der Waals surface area contributed by atoms with Crippen molar-refractivity contribution in [2.45, 2.75) is 51.4 Å². The third-order valence-corrected chi connectivity index (χ3v) is 4.20. The Labute approximate surface area is 109 Å². The fraction of sp³-hybridized carbons (Fsp3) is 0.562. The molecule has 1 aliphatic rings. The van der Waals surface area contributed by atoms with Gasteiger partial charge >= 0.3 is 0 Å². The van der Waals surface area contributed by atoms with E-state index in [0.717, 1.165) is 5.92 Å². The molecular formula is C16H20FN. The largest absolute Gasteiger partial charge is 0.207 e. The zero-order chi connectivity index (χ0) is 13.0. The van der Waals surface area contributed by atoms with Crippen molar-refractivity contribution in [2.75, 3.05) is 0 Å². The van der Waals surface area contributed by atoms with Crippen molar-refractivity contribution in [2.24, 2.45) is 5.92 Å². The molecule has 96 valence electrons. The number of halogens is 1. The Morgan fingerprint density at radius 1 is 1.33 bits per heavy atom. The zero-order valence-electron chi connectivity index (χ0n) is 11.0. The molecule has 0 aliphatic heterocycles. The van der Waals surface area contributed by atoms with Crippen LogP contribution in [-0.4, -0.2) is 0 Å². The first-order valence-corrected chi connectivity index (χ1v) is 6.91. The SMILES string of the molecule is CC[C@@H]1CCCC[C@H]1c1ccc(F)c(CC#N)c1. The molecule has 1 saturated carbocycles. The van der Waals surface area contributed by atoms with Crippen LogP contribution in [-0.2, 0) is 6.42 Å². The van der Waals surface area contributed by atoms with Gasteiger partial charge in [-0.1, -0.05) is 38.3 Å². The lowest BCUT2D eigenvalue weighted by molar-refractivity contribution is 0.299. The molecule has 2 heteroatoms. The topological polar surface area (TPSA) is 23.8 Å². The van der Waals surface area contributed by atoms with Gasteiger partial charge in [-0.3, -0.25) is 0 Å². The molecule has 1 aromatic carbocycles. The second kappa shape index (κ2) is 6.00. The van der Waals surface area contributed by atoms with Gasteiger partial charge in [0, 0.05) is 5.56 Å². The molecule has 18 heavy (non-hydrogen) atoms. The second-order valence-electron chi connectivity index (χ2n) is 5.25. The first kappa shape index (κ1) is 13.1. The van der Waals surface area contributed by atoms with Crippen molar-refractivity contribution >= 4 is 0 Å². The van der Waals surface area contributed by atoms with E-state index in [-0.39, 0.29) is 12.2 Å². The van der Waals surface area contributed by atoms with Gasteiger partial charge in [-0.15, -0.1) is 0 Å². The van der Waals surface area contributed by atoms with E-state index in [2.05, 4.69) is 6.92 Å². The Hall–Kier alpha value is -1.36. The number of hydrogen-bond donors (Lipinski definition) is 0. The fourth-order valence-corrected chi connectivity index (χ4v) is 3.18. The first-order valence-electron chi connectivity index (χ1n) is 6.91. The van der Waals surface area contributed by atoms with Gasteiger partial charge in [-0.2, -0.15) is 5.26 Å². The third kappa shape index (κ3) is 2.72. The van der Waals surface area contributed by atoms with Gasteiger partial charge in [0.2, 0.25) is 0 Å². The summed E-state index contributed by atoms with van der Waals surface area (Å²) in [7, 11) is 0. The van der Waals surface area contributed by atoms with Gasteiger partial charge in [0.05, 0.1) is 12.5 Å². The van der Waals surface area contributed by atoms with Crippen LogP contribution in [0, 0.1) is 23.1 Å². The standard InChI is InChI=1S/C16H20FN/c1-2-12-5-3-4-6-15(12)13-7-8-16(17)14(11-13)9-10-18/h7-8,11-12,15H,2-6,9H2,1H3/t12-,15-/m1/s1. The summed E-state index contributed by atoms with van der Waals surface area (Å²) in [6, 6.07) is 7.40. The summed E-state index contributed by atoms with van der Waals surface area (Å²) in [6.07, 6.45) is 6.44. The van der Waals surface area contributed by atoms with E-state index in [1.54, 1.807) is 0 Å². The molecule has 0 amide bonds. The fourth-order valence-electron chi connectivity index (χ4n) is 3.18. The van der Waals surface area contributed by atoms with Gasteiger partial charge in [-0.25, -0.2) is 4.39 Å². The number of rotatable bonds is 3. The molecule has 1 fully saturated rings. The highest BCUT2D eigenvalue weighted by Gasteiger charge is 2.25. The molecule has 0 saturated heterocycles. The Morgan fingerprint density at radius 2 is 2.11 bits per heavy atom. The van der Waals surface area contributed by atoms with E-state index in [0.29, 0.717) is 11.5 Å². The van der Waals surface area contributed by atoms with E-state index >= 15 is 0 Å². The minimum Gasteiger partial charge on any atom is -0.207 e. The van der Waals surface area contributed by atoms with Crippen LogP contribution in [0.4, 0.5) is 4.39 Å². The van der Waals surface area contributed by atoms with E-state index < -0.39 is 0 Å². The lowest BCUT2D eigenvalue weighted by atomic mass is 9.74. The van der Waals surface area contributed by atoms with E-state index in [1.165, 1.54) is 43.7 Å². The quantitative estimate of drug-likeness (QED) is 0.765. The van der Waals surface area contributed by atoms with E-state index in [9.17, 15) is 4.39 Å². The maximum Gasteiger partial charge on any atom is 0.127 e. The number of nitrogens with zero attached hydrogens (tertiary/aromatic N) is 1. The zero-order valence-corrected chi connectivity index (χ0v) is 11.0. The lowest BCUT2D eigenvalue weighted by Gasteiger charge is -2.31. The van der Waals surface area contributed by atoms with Crippen LogP contribution in [0.25, 0.3) is 0 Å². The molecule has 2 atom stereocenters. The van der Waals surface area contributed by atoms with Crippen LogP contribution in [0.2, 0.25) is 0 Å². The predicted octanol–water partition coefficient (Wildman–Crippen LogP) is 4.58. The van der Waals surface area contributed by atoms with Gasteiger partial charge < -0.3 is 0 Å². The average Bonchev–Trinajstić information content (AvgIpc) is 2.41. The third-order valence-electron chi connectivity index (χ3n) is 4.20. The molecule has 0 unspecified atom stereocenters. The van der Waals surface area contributed by atoms with Crippen LogP contribution in [0.15, 0.2) is 18.2 Å². The molecule has 0 aromatic heterocycles. The molecular weight excluding hydrogens is 225 g/mol. The van der Waals surface area contributed by atoms with Crippen molar-refractivity contribution in [3.63, 3.8) is 0 Å². The van der Waals surface area contributed by atoms with E-state index in [1.807, 2.05) is 18.2 Å². The normalized spacial score (nSPS) is 23.6. The summed E-state index contributed by atoms with van der Waals surface area (Å²) in [6.45, 7) is 2.24. The molecule has 0 heterocycles. The van der Waals surface area contributed by atoms with Gasteiger partial charge in [0.15, 0.2) is 0 Å². The number of nitriles is 1. The lowest BCUT2D eigenvalue weighted by Crippen LogP contribution is -2.17. The highest BCUT2D eigenvalue weighted by atomic mass is 19.1. The predicted molar refractivity (Wildman–Crippen MR) is 70.7 cm³/mol. The molecule has 0 N–H and O–H groups in total. The summed E-state index contributed by atoms with van der Waals surface area (Å²) in [5.74, 6) is 1.03. The van der Waals surface area contributed by atoms with Crippen molar-refractivity contribution < 1.29 is 4.39 Å². The van der Waals surface area contributed by atoms with Gasteiger partial charge in [0.25, 0.3) is 0 Å². The minimum absolute atomic E-state index is 0.170. The molecule has 1 nitrogen and oxygen atoms in total. The Balaban J connectivity index is 2.26. The molecule has 0 bridgehead atoms. The summed E-state index contributed by atoms with van der Waals surface area (Å²) < 4.78 is 13.6. The summed E-state index contributed by atoms with van der Waals surface area (Å²) in [5.41, 5.74) is 1.78. The minimum atomic E-state index is -0.246. The smallest absolute Gasteiger partial charge is 0.127 e. The molecule has 0 spiro atoms. The maximum absolute atomic E-state index is 13.6. The molecule has 2 rings (SSSR count). The summed E-state index contributed by atoms with van der Waals surface area (Å²) in [4.78, 5) is 0. The second-order valence-corrected chi connectivity index (χ2v) is 5.25. The van der Waals surface area contributed by atoms with E-state index in [4.69, 9.17) is 5.26 Å². The highest BCUT2D eigenvalue weighted by Crippen LogP contribution is 2.39. The van der Waals surface area contributed by atoms with Crippen molar-refractivity contribution in [3.8, 4) is 6.07 Å². The van der Waals surface area contributed by atoms with Crippen LogP contribution in [0.5, 0.6) is 0 Å². The Kier molecular flexibility index (Phi) is 4.36. The average molecular weight is 245 g/mol. The monoisotopic (exact) mass is 245 g/mol. The Bertz CT molecular complexity index is 447. The number of hydrogen-bond acceptors (Lipinski definition) is 1. The van der Waals surface area contributed by atoms with Crippen molar-refractivity contribution in [1.82, 2.24) is 0 Å². The van der Waals surface area contributed by atoms with Crippen LogP contribution in [0.3, 0.4) is 0 Å². The van der Waals surface area contributed by atoms with Crippen LogP contribution < -0.4 is 0 Å². The van der Waals surface area contributed by atoms with Gasteiger partial charge in [-0.05, 0) is 36.3 Å². The molecule has 1 aromatic rings. The van der Waals surface area contributed by atoms with Gasteiger partial charge in [0.1, 0.15) is 5.82 Å². The van der Waals surface area contributed by atoms with Crippen molar-refractivity contribution in [3.05, 3.63) is 35.1 Å². The van der Waals surface area contributed by atoms with Crippen LogP contribution >= 0.6 is 0 Å². The number of benzene rings is 1. The maximum atomic E-state index is 13.6.